The quantitative estimate of drug-likeness (QED) is 0.645. The van der Waals surface area contributed by atoms with Crippen molar-refractivity contribution in [3.8, 4) is 0 Å². The van der Waals surface area contributed by atoms with Crippen molar-refractivity contribution in [2.75, 3.05) is 0 Å². The fourth-order valence-electron chi connectivity index (χ4n) is 1.58. The molecule has 1 aliphatic carbocycles. The third-order valence-electron chi connectivity index (χ3n) is 2.21. The summed E-state index contributed by atoms with van der Waals surface area (Å²) in [7, 11) is -4.37. The van der Waals surface area contributed by atoms with Crippen molar-refractivity contribution in [2.24, 2.45) is 5.92 Å². The van der Waals surface area contributed by atoms with Crippen molar-refractivity contribution < 1.29 is 17.8 Å². The van der Waals surface area contributed by atoms with E-state index in [1.54, 1.807) is 4.72 Å². The van der Waals surface area contributed by atoms with E-state index >= 15 is 0 Å². The minimum absolute atomic E-state index is 0.254. The second-order valence-corrected chi connectivity index (χ2v) is 4.43. The lowest BCUT2D eigenvalue weighted by molar-refractivity contribution is -0.124. The molecule has 0 atom stereocenters. The van der Waals surface area contributed by atoms with Crippen LogP contribution in [0.1, 0.15) is 32.1 Å². The van der Waals surface area contributed by atoms with E-state index in [2.05, 4.69) is 0 Å². The third kappa shape index (κ3) is 3.73. The average molecular weight is 207 g/mol. The highest BCUT2D eigenvalue weighted by atomic mass is 32.2. The maximum Gasteiger partial charge on any atom is 0.359 e. The fraction of sp³-hybridized carbons (Fsp3) is 0.857. The van der Waals surface area contributed by atoms with Gasteiger partial charge in [-0.3, -0.25) is 9.35 Å². The molecule has 5 nitrogen and oxygen atoms in total. The predicted molar refractivity (Wildman–Crippen MR) is 46.3 cm³/mol. The number of hydrogen-bond acceptors (Lipinski definition) is 3. The molecule has 0 aromatic rings. The molecule has 0 aromatic carbocycles. The summed E-state index contributed by atoms with van der Waals surface area (Å²) in [6.45, 7) is 0. The Kier molecular flexibility index (Phi) is 3.27. The maximum atomic E-state index is 11.2. The number of nitrogens with one attached hydrogen (secondary N) is 1. The normalized spacial score (nSPS) is 19.8. The smallest absolute Gasteiger partial charge is 0.274 e. The molecule has 13 heavy (non-hydrogen) atoms. The van der Waals surface area contributed by atoms with E-state index in [0.717, 1.165) is 19.3 Å². The van der Waals surface area contributed by atoms with Gasteiger partial charge < -0.3 is 0 Å². The molecule has 0 aromatic heterocycles. The van der Waals surface area contributed by atoms with Gasteiger partial charge in [-0.15, -0.1) is 0 Å². The summed E-state index contributed by atoms with van der Waals surface area (Å²) in [5.74, 6) is -0.835. The highest BCUT2D eigenvalue weighted by molar-refractivity contribution is 7.84. The summed E-state index contributed by atoms with van der Waals surface area (Å²) in [4.78, 5) is 11.2. The van der Waals surface area contributed by atoms with Gasteiger partial charge in [0.05, 0.1) is 0 Å². The minimum atomic E-state index is -4.37. The van der Waals surface area contributed by atoms with Crippen molar-refractivity contribution in [3.63, 3.8) is 0 Å². The van der Waals surface area contributed by atoms with Gasteiger partial charge in [0, 0.05) is 5.92 Å². The standard InChI is InChI=1S/C7H13NO4S/c9-7(8-13(10,11)12)6-4-2-1-3-5-6/h6H,1-5H2,(H,8,9)(H,10,11,12). The van der Waals surface area contributed by atoms with E-state index in [1.165, 1.54) is 0 Å². The van der Waals surface area contributed by atoms with E-state index < -0.39 is 16.2 Å². The number of amides is 1. The van der Waals surface area contributed by atoms with Crippen LogP contribution in [0.5, 0.6) is 0 Å². The van der Waals surface area contributed by atoms with Crippen molar-refractivity contribution in [2.45, 2.75) is 32.1 Å². The zero-order chi connectivity index (χ0) is 9.90. The Hall–Kier alpha value is -0.620. The van der Waals surface area contributed by atoms with E-state index in [1.807, 2.05) is 0 Å². The van der Waals surface area contributed by atoms with E-state index in [0.29, 0.717) is 12.8 Å². The third-order valence-corrected chi connectivity index (χ3v) is 2.66. The van der Waals surface area contributed by atoms with Crippen LogP contribution in [0, 0.1) is 5.92 Å². The average Bonchev–Trinajstić information content (AvgIpc) is 2.03. The Labute approximate surface area is 77.4 Å². The first-order valence-electron chi connectivity index (χ1n) is 4.28. The monoisotopic (exact) mass is 207 g/mol. The number of hydrogen-bond donors (Lipinski definition) is 2. The maximum absolute atomic E-state index is 11.2. The van der Waals surface area contributed by atoms with Gasteiger partial charge in [-0.2, -0.15) is 8.42 Å². The number of carbonyl (C=O) groups excluding carboxylic acids is 1. The summed E-state index contributed by atoms with van der Waals surface area (Å²) < 4.78 is 30.6. The lowest BCUT2D eigenvalue weighted by Gasteiger charge is -2.19. The van der Waals surface area contributed by atoms with Crippen molar-refractivity contribution in [3.05, 3.63) is 0 Å². The SMILES string of the molecule is O=C(NS(=O)(=O)O)C1CCCCC1. The fourth-order valence-corrected chi connectivity index (χ4v) is 2.00. The van der Waals surface area contributed by atoms with Crippen molar-refractivity contribution in [1.29, 1.82) is 0 Å². The molecule has 0 aliphatic heterocycles. The summed E-state index contributed by atoms with van der Waals surface area (Å²) >= 11 is 0. The molecule has 1 saturated carbocycles. The molecule has 1 fully saturated rings. The Bertz CT molecular complexity index is 279. The van der Waals surface area contributed by atoms with Crippen LogP contribution >= 0.6 is 0 Å². The zero-order valence-corrected chi connectivity index (χ0v) is 8.01. The molecular formula is C7H13NO4S. The lowest BCUT2D eigenvalue weighted by Crippen LogP contribution is -2.35. The molecule has 1 aliphatic rings. The molecule has 1 rings (SSSR count). The first-order chi connectivity index (χ1) is 5.99. The van der Waals surface area contributed by atoms with E-state index in [4.69, 9.17) is 4.55 Å². The van der Waals surface area contributed by atoms with E-state index in [-0.39, 0.29) is 5.92 Å². The highest BCUT2D eigenvalue weighted by Crippen LogP contribution is 2.23. The number of rotatable bonds is 2. The Morgan fingerprint density at radius 3 is 2.23 bits per heavy atom. The molecule has 0 saturated heterocycles. The molecule has 0 bridgehead atoms. The molecule has 6 heteroatoms. The molecule has 0 unspecified atom stereocenters. The van der Waals surface area contributed by atoms with Crippen LogP contribution in [0.4, 0.5) is 0 Å². The Morgan fingerprint density at radius 2 is 1.77 bits per heavy atom. The van der Waals surface area contributed by atoms with Gasteiger partial charge >= 0.3 is 10.3 Å². The van der Waals surface area contributed by atoms with Gasteiger partial charge in [0.25, 0.3) is 0 Å². The molecule has 1 amide bonds. The van der Waals surface area contributed by atoms with Crippen LogP contribution in [-0.4, -0.2) is 18.9 Å². The van der Waals surface area contributed by atoms with Crippen molar-refractivity contribution >= 4 is 16.2 Å². The van der Waals surface area contributed by atoms with Crippen LogP contribution < -0.4 is 4.72 Å². The minimum Gasteiger partial charge on any atom is -0.274 e. The Balaban J connectivity index is 2.47. The van der Waals surface area contributed by atoms with Crippen molar-refractivity contribution in [1.82, 2.24) is 4.72 Å². The van der Waals surface area contributed by atoms with Gasteiger partial charge in [0.2, 0.25) is 5.91 Å². The van der Waals surface area contributed by atoms with Crippen LogP contribution in [0.2, 0.25) is 0 Å². The van der Waals surface area contributed by atoms with Gasteiger partial charge in [-0.1, -0.05) is 19.3 Å². The molecule has 0 radical (unpaired) electrons. The van der Waals surface area contributed by atoms with E-state index in [9.17, 15) is 13.2 Å². The zero-order valence-electron chi connectivity index (χ0n) is 7.19. The summed E-state index contributed by atoms with van der Waals surface area (Å²) in [5, 5.41) is 0. The van der Waals surface area contributed by atoms with Crippen LogP contribution in [0.25, 0.3) is 0 Å². The first kappa shape index (κ1) is 10.5. The van der Waals surface area contributed by atoms with Gasteiger partial charge in [-0.05, 0) is 12.8 Å². The second-order valence-electron chi connectivity index (χ2n) is 3.28. The predicted octanol–water partition coefficient (Wildman–Crippen LogP) is 0.486. The second kappa shape index (κ2) is 4.06. The number of carbonyl (C=O) groups is 1. The summed E-state index contributed by atoms with van der Waals surface area (Å²) in [5.41, 5.74) is 0. The summed E-state index contributed by atoms with van der Waals surface area (Å²) in [6.07, 6.45) is 4.41. The molecule has 0 heterocycles. The molecule has 76 valence electrons. The molecular weight excluding hydrogens is 194 g/mol. The van der Waals surface area contributed by atoms with Gasteiger partial charge in [0.15, 0.2) is 0 Å². The topological polar surface area (TPSA) is 83.5 Å². The van der Waals surface area contributed by atoms with Crippen LogP contribution in [-0.2, 0) is 15.1 Å². The van der Waals surface area contributed by atoms with Crippen LogP contribution in [0.15, 0.2) is 0 Å². The Morgan fingerprint density at radius 1 is 1.23 bits per heavy atom. The van der Waals surface area contributed by atoms with Crippen LogP contribution in [0.3, 0.4) is 0 Å². The molecule has 0 spiro atoms. The summed E-state index contributed by atoms with van der Waals surface area (Å²) in [6, 6.07) is 0. The van der Waals surface area contributed by atoms with Gasteiger partial charge in [0.1, 0.15) is 0 Å². The van der Waals surface area contributed by atoms with Gasteiger partial charge in [-0.25, -0.2) is 4.72 Å². The molecule has 2 N–H and O–H groups in total. The lowest BCUT2D eigenvalue weighted by atomic mass is 9.89. The highest BCUT2D eigenvalue weighted by Gasteiger charge is 2.23. The largest absolute Gasteiger partial charge is 0.359 e. The first-order valence-corrected chi connectivity index (χ1v) is 5.72.